The van der Waals surface area contributed by atoms with E-state index in [0.29, 0.717) is 17.1 Å². The van der Waals surface area contributed by atoms with Crippen molar-refractivity contribution in [3.8, 4) is 0 Å². The van der Waals surface area contributed by atoms with Crippen molar-refractivity contribution < 1.29 is 9.13 Å². The molecule has 0 bridgehead atoms. The van der Waals surface area contributed by atoms with Gasteiger partial charge in [0.05, 0.1) is 18.0 Å². The zero-order chi connectivity index (χ0) is 20.3. The molecule has 29 heavy (non-hydrogen) atoms. The molecule has 4 rings (SSSR count). The van der Waals surface area contributed by atoms with E-state index in [4.69, 9.17) is 15.5 Å². The Morgan fingerprint density at radius 2 is 1.62 bits per heavy atom. The molecule has 5 heteroatoms. The van der Waals surface area contributed by atoms with Crippen LogP contribution in [0.5, 0.6) is 0 Å². The van der Waals surface area contributed by atoms with Crippen LogP contribution in [0.15, 0.2) is 88.8 Å². The smallest absolute Gasteiger partial charge is 0.129 e. The highest BCUT2D eigenvalue weighted by molar-refractivity contribution is 6.13. The van der Waals surface area contributed by atoms with Crippen molar-refractivity contribution in [2.24, 2.45) is 15.7 Å². The van der Waals surface area contributed by atoms with Gasteiger partial charge in [0, 0.05) is 16.7 Å². The predicted molar refractivity (Wildman–Crippen MR) is 114 cm³/mol. The lowest BCUT2D eigenvalue weighted by molar-refractivity contribution is 0.104. The molecule has 0 aliphatic carbocycles. The predicted octanol–water partition coefficient (Wildman–Crippen LogP) is 4.60. The first kappa shape index (κ1) is 19.0. The summed E-state index contributed by atoms with van der Waals surface area (Å²) in [6.07, 6.45) is 0. The van der Waals surface area contributed by atoms with Crippen LogP contribution in [0.2, 0.25) is 0 Å². The van der Waals surface area contributed by atoms with Crippen LogP contribution in [0.4, 0.5) is 10.1 Å². The van der Waals surface area contributed by atoms with Crippen molar-refractivity contribution in [1.29, 1.82) is 0 Å². The number of hydrogen-bond donors (Lipinski definition) is 1. The minimum absolute atomic E-state index is 0.265. The van der Waals surface area contributed by atoms with E-state index in [1.807, 2.05) is 67.6 Å². The summed E-state index contributed by atoms with van der Waals surface area (Å²) in [5, 5.41) is 0. The largest absolute Gasteiger partial charge is 0.386 e. The molecule has 3 aromatic carbocycles. The monoisotopic (exact) mass is 387 g/mol. The van der Waals surface area contributed by atoms with E-state index in [2.05, 4.69) is 4.99 Å². The zero-order valence-electron chi connectivity index (χ0n) is 16.2. The lowest BCUT2D eigenvalue weighted by Crippen LogP contribution is -2.38. The number of hydrogen-bond acceptors (Lipinski definition) is 4. The second-order valence-electron chi connectivity index (χ2n) is 7.23. The Morgan fingerprint density at radius 1 is 1.00 bits per heavy atom. The van der Waals surface area contributed by atoms with Gasteiger partial charge in [-0.25, -0.2) is 9.38 Å². The van der Waals surface area contributed by atoms with Crippen molar-refractivity contribution >= 4 is 17.2 Å². The number of halogens is 1. The average molecular weight is 387 g/mol. The van der Waals surface area contributed by atoms with Crippen LogP contribution in [0.1, 0.15) is 23.6 Å². The third-order valence-corrected chi connectivity index (χ3v) is 4.89. The van der Waals surface area contributed by atoms with Gasteiger partial charge in [0.2, 0.25) is 0 Å². The second-order valence-corrected chi connectivity index (χ2v) is 7.23. The Labute approximate surface area is 169 Å². The first-order chi connectivity index (χ1) is 14.0. The number of nitrogens with zero attached hydrogens (tertiary/aromatic N) is 2. The normalized spacial score (nSPS) is 18.8. The van der Waals surface area contributed by atoms with Gasteiger partial charge in [0.25, 0.3) is 0 Å². The molecule has 0 fully saturated rings. The summed E-state index contributed by atoms with van der Waals surface area (Å²) in [5.74, 6) is 0.00999. The topological polar surface area (TPSA) is 60.0 Å². The van der Waals surface area contributed by atoms with Crippen LogP contribution in [0.25, 0.3) is 0 Å². The molecule has 3 aromatic rings. The summed E-state index contributed by atoms with van der Waals surface area (Å²) in [5.41, 5.74) is 8.81. The number of benzene rings is 3. The molecule has 4 nitrogen and oxygen atoms in total. The molecule has 2 N–H and O–H groups in total. The van der Waals surface area contributed by atoms with Crippen LogP contribution < -0.4 is 5.73 Å². The van der Waals surface area contributed by atoms with Gasteiger partial charge in [0.1, 0.15) is 23.8 Å². The van der Waals surface area contributed by atoms with Crippen LogP contribution in [-0.4, -0.2) is 24.8 Å². The van der Waals surface area contributed by atoms with Crippen molar-refractivity contribution in [3.05, 3.63) is 101 Å². The fourth-order valence-corrected chi connectivity index (χ4v) is 3.49. The molecule has 1 atom stereocenters. The lowest BCUT2D eigenvalue weighted by Gasteiger charge is -2.30. The van der Waals surface area contributed by atoms with Gasteiger partial charge in [-0.3, -0.25) is 4.99 Å². The maximum absolute atomic E-state index is 14.7. The molecule has 1 aliphatic rings. The number of rotatable bonds is 4. The summed E-state index contributed by atoms with van der Waals surface area (Å²) in [6, 6.07) is 24.7. The fourth-order valence-electron chi connectivity index (χ4n) is 3.49. The summed E-state index contributed by atoms with van der Waals surface area (Å²) < 4.78 is 20.2. The lowest BCUT2D eigenvalue weighted by atomic mass is 9.91. The molecule has 146 valence electrons. The Hall–Kier alpha value is -3.31. The second kappa shape index (κ2) is 7.97. The molecule has 1 heterocycles. The van der Waals surface area contributed by atoms with Gasteiger partial charge in [-0.1, -0.05) is 60.7 Å². The van der Waals surface area contributed by atoms with Crippen molar-refractivity contribution in [2.45, 2.75) is 12.5 Å². The zero-order valence-corrected chi connectivity index (χ0v) is 16.2. The molecule has 0 aromatic heterocycles. The highest BCUT2D eigenvalue weighted by atomic mass is 19.1. The number of aliphatic imine (C=N–C) groups is 2. The van der Waals surface area contributed by atoms with E-state index in [1.165, 1.54) is 6.07 Å². The highest BCUT2D eigenvalue weighted by Gasteiger charge is 2.32. The van der Waals surface area contributed by atoms with Crippen molar-refractivity contribution in [3.63, 3.8) is 0 Å². The Morgan fingerprint density at radius 3 is 2.21 bits per heavy atom. The van der Waals surface area contributed by atoms with Gasteiger partial charge in [-0.2, -0.15) is 0 Å². The van der Waals surface area contributed by atoms with Gasteiger partial charge in [-0.05, 0) is 25.1 Å². The van der Waals surface area contributed by atoms with Crippen LogP contribution in [0.3, 0.4) is 0 Å². The number of ether oxygens (including phenoxy) is 1. The van der Waals surface area contributed by atoms with E-state index < -0.39 is 5.54 Å². The molecule has 1 aliphatic heterocycles. The van der Waals surface area contributed by atoms with Gasteiger partial charge in [-0.15, -0.1) is 0 Å². The summed E-state index contributed by atoms with van der Waals surface area (Å²) in [4.78, 5) is 9.34. The molecule has 0 saturated carbocycles. The van der Waals surface area contributed by atoms with E-state index in [1.54, 1.807) is 12.1 Å². The first-order valence-corrected chi connectivity index (χ1v) is 9.47. The summed E-state index contributed by atoms with van der Waals surface area (Å²) in [7, 11) is 0. The van der Waals surface area contributed by atoms with E-state index >= 15 is 0 Å². The van der Waals surface area contributed by atoms with Crippen molar-refractivity contribution in [2.75, 3.05) is 13.2 Å². The third kappa shape index (κ3) is 4.10. The minimum Gasteiger partial charge on any atom is -0.386 e. The SMILES string of the molecule is CC1(c2cc(N=C(c3ccccc3)c3ccccc3)ccc2F)COCC(N)=N1. The van der Waals surface area contributed by atoms with Gasteiger partial charge in [0.15, 0.2) is 0 Å². The van der Waals surface area contributed by atoms with E-state index in [0.717, 1.165) is 16.8 Å². The highest BCUT2D eigenvalue weighted by Crippen LogP contribution is 2.33. The number of nitrogens with two attached hydrogens (primary N) is 1. The summed E-state index contributed by atoms with van der Waals surface area (Å²) >= 11 is 0. The van der Waals surface area contributed by atoms with Crippen LogP contribution in [-0.2, 0) is 10.3 Å². The molecule has 0 saturated heterocycles. The standard InChI is InChI=1S/C24H22FN3O/c1-24(16-29-15-22(26)28-24)20-14-19(12-13-21(20)25)27-23(17-8-4-2-5-9-17)18-10-6-3-7-11-18/h2-14H,15-16H2,1H3,(H2,26,28). The molecule has 1 unspecified atom stereocenters. The molecule has 0 amide bonds. The number of amidine groups is 1. The maximum Gasteiger partial charge on any atom is 0.129 e. The van der Waals surface area contributed by atoms with E-state index in [9.17, 15) is 4.39 Å². The van der Waals surface area contributed by atoms with Crippen LogP contribution >= 0.6 is 0 Å². The first-order valence-electron chi connectivity index (χ1n) is 9.47. The van der Waals surface area contributed by atoms with Gasteiger partial charge >= 0.3 is 0 Å². The van der Waals surface area contributed by atoms with Crippen LogP contribution in [0, 0.1) is 5.82 Å². The van der Waals surface area contributed by atoms with E-state index in [-0.39, 0.29) is 19.0 Å². The quantitative estimate of drug-likeness (QED) is 0.665. The Bertz CT molecular complexity index is 1020. The average Bonchev–Trinajstić information content (AvgIpc) is 2.74. The Kier molecular flexibility index (Phi) is 5.23. The molecular formula is C24H22FN3O. The fraction of sp³-hybridized carbons (Fsp3) is 0.167. The molecular weight excluding hydrogens is 365 g/mol. The molecule has 0 spiro atoms. The maximum atomic E-state index is 14.7. The van der Waals surface area contributed by atoms with Gasteiger partial charge < -0.3 is 10.5 Å². The summed E-state index contributed by atoms with van der Waals surface area (Å²) in [6.45, 7) is 2.35. The molecule has 0 radical (unpaired) electrons. The Balaban J connectivity index is 1.83. The van der Waals surface area contributed by atoms with Crippen molar-refractivity contribution in [1.82, 2.24) is 0 Å². The third-order valence-electron chi connectivity index (χ3n) is 4.89. The minimum atomic E-state index is -0.877.